The maximum Gasteiger partial charge on any atom is 0.143 e. The fraction of sp³-hybridized carbons (Fsp3) is 0.500. The summed E-state index contributed by atoms with van der Waals surface area (Å²) in [5.41, 5.74) is 6.79. The van der Waals surface area contributed by atoms with Crippen LogP contribution in [-0.4, -0.2) is 19.3 Å². The van der Waals surface area contributed by atoms with Crippen LogP contribution >= 0.6 is 11.6 Å². The molecule has 17 heavy (non-hydrogen) atoms. The van der Waals surface area contributed by atoms with Gasteiger partial charge in [0.1, 0.15) is 5.82 Å². The van der Waals surface area contributed by atoms with Gasteiger partial charge in [0.2, 0.25) is 0 Å². The molecule has 1 heterocycles. The van der Waals surface area contributed by atoms with Crippen molar-refractivity contribution in [3.05, 3.63) is 23.0 Å². The topological polar surface area (TPSA) is 47.3 Å². The van der Waals surface area contributed by atoms with Crippen LogP contribution in [-0.2, 0) is 4.74 Å². The molecular formula is C12H16ClFN2O. The standard InChI is InChI=1S/C12H16ClFN2O/c1-7(8-2-3-17-6-8)16-12-4-9(13)10(14)5-11(12)15/h4-5,7-8,16H,2-3,6,15H2,1H3. The SMILES string of the molecule is CC(Nc1cc(Cl)c(F)cc1N)C1CCOC1. The van der Waals surface area contributed by atoms with Crippen LogP contribution in [0.3, 0.4) is 0 Å². The molecule has 5 heteroatoms. The third-order valence-electron chi connectivity index (χ3n) is 3.15. The van der Waals surface area contributed by atoms with E-state index in [0.717, 1.165) is 19.6 Å². The minimum absolute atomic E-state index is 0.0802. The first-order valence-electron chi connectivity index (χ1n) is 5.66. The van der Waals surface area contributed by atoms with Crippen LogP contribution in [0.15, 0.2) is 12.1 Å². The zero-order valence-electron chi connectivity index (χ0n) is 9.67. The van der Waals surface area contributed by atoms with Gasteiger partial charge in [0.05, 0.1) is 23.0 Å². The quantitative estimate of drug-likeness (QED) is 0.820. The largest absolute Gasteiger partial charge is 0.397 e. The van der Waals surface area contributed by atoms with Crippen LogP contribution in [0.2, 0.25) is 5.02 Å². The molecule has 2 rings (SSSR count). The number of halogens is 2. The van der Waals surface area contributed by atoms with E-state index in [1.54, 1.807) is 0 Å². The molecule has 1 aliphatic heterocycles. The predicted molar refractivity (Wildman–Crippen MR) is 67.8 cm³/mol. The number of rotatable bonds is 3. The van der Waals surface area contributed by atoms with Gasteiger partial charge in [0.15, 0.2) is 0 Å². The molecule has 0 saturated carbocycles. The second-order valence-electron chi connectivity index (χ2n) is 4.41. The molecule has 3 nitrogen and oxygen atoms in total. The number of hydrogen-bond donors (Lipinski definition) is 2. The van der Waals surface area contributed by atoms with E-state index in [1.807, 2.05) is 0 Å². The number of ether oxygens (including phenoxy) is 1. The molecule has 0 radical (unpaired) electrons. The summed E-state index contributed by atoms with van der Waals surface area (Å²) in [4.78, 5) is 0. The van der Waals surface area contributed by atoms with Crippen molar-refractivity contribution in [2.45, 2.75) is 19.4 Å². The van der Waals surface area contributed by atoms with Gasteiger partial charge in [-0.25, -0.2) is 4.39 Å². The van der Waals surface area contributed by atoms with Gasteiger partial charge in [-0.3, -0.25) is 0 Å². The highest BCUT2D eigenvalue weighted by Crippen LogP contribution is 2.28. The van der Waals surface area contributed by atoms with Gasteiger partial charge in [-0.15, -0.1) is 0 Å². The molecule has 0 aromatic heterocycles. The zero-order valence-corrected chi connectivity index (χ0v) is 10.4. The van der Waals surface area contributed by atoms with Gasteiger partial charge in [0.25, 0.3) is 0 Å². The summed E-state index contributed by atoms with van der Waals surface area (Å²) in [5, 5.41) is 3.34. The number of nitrogens with one attached hydrogen (secondary N) is 1. The summed E-state index contributed by atoms with van der Waals surface area (Å²) < 4.78 is 18.5. The number of nitrogen functional groups attached to an aromatic ring is 1. The van der Waals surface area contributed by atoms with E-state index in [4.69, 9.17) is 22.1 Å². The van der Waals surface area contributed by atoms with Crippen LogP contribution in [0.25, 0.3) is 0 Å². The van der Waals surface area contributed by atoms with Gasteiger partial charge < -0.3 is 15.8 Å². The monoisotopic (exact) mass is 258 g/mol. The number of benzene rings is 1. The Morgan fingerprint density at radius 3 is 3.00 bits per heavy atom. The fourth-order valence-electron chi connectivity index (χ4n) is 2.00. The minimum atomic E-state index is -0.494. The predicted octanol–water partition coefficient (Wildman–Crippen LogP) is 2.90. The van der Waals surface area contributed by atoms with E-state index in [9.17, 15) is 4.39 Å². The molecule has 0 amide bonds. The highest BCUT2D eigenvalue weighted by atomic mass is 35.5. The lowest BCUT2D eigenvalue weighted by Crippen LogP contribution is -2.26. The fourth-order valence-corrected chi connectivity index (χ4v) is 2.16. The first kappa shape index (κ1) is 12.5. The van der Waals surface area contributed by atoms with Crippen molar-refractivity contribution in [2.75, 3.05) is 24.3 Å². The van der Waals surface area contributed by atoms with E-state index >= 15 is 0 Å². The number of hydrogen-bond acceptors (Lipinski definition) is 3. The van der Waals surface area contributed by atoms with Crippen LogP contribution < -0.4 is 11.1 Å². The van der Waals surface area contributed by atoms with Crippen molar-refractivity contribution in [1.82, 2.24) is 0 Å². The average molecular weight is 259 g/mol. The molecule has 1 aromatic rings. The lowest BCUT2D eigenvalue weighted by molar-refractivity contribution is 0.183. The van der Waals surface area contributed by atoms with Crippen molar-refractivity contribution in [3.63, 3.8) is 0 Å². The molecule has 94 valence electrons. The van der Waals surface area contributed by atoms with Gasteiger partial charge in [-0.1, -0.05) is 11.6 Å². The molecule has 2 unspecified atom stereocenters. The molecular weight excluding hydrogens is 243 g/mol. The molecule has 2 atom stereocenters. The summed E-state index contributed by atoms with van der Waals surface area (Å²) in [6, 6.07) is 2.99. The number of nitrogens with two attached hydrogens (primary N) is 1. The maximum atomic E-state index is 13.1. The molecule has 1 aromatic carbocycles. The Morgan fingerprint density at radius 1 is 1.59 bits per heavy atom. The summed E-state index contributed by atoms with van der Waals surface area (Å²) in [6.45, 7) is 3.62. The smallest absolute Gasteiger partial charge is 0.143 e. The summed E-state index contributed by atoms with van der Waals surface area (Å²) in [5.74, 6) is -0.0372. The highest BCUT2D eigenvalue weighted by molar-refractivity contribution is 6.31. The first-order valence-corrected chi connectivity index (χ1v) is 6.04. The third kappa shape index (κ3) is 2.82. The Morgan fingerprint density at radius 2 is 2.35 bits per heavy atom. The highest BCUT2D eigenvalue weighted by Gasteiger charge is 2.22. The second kappa shape index (κ2) is 5.10. The zero-order chi connectivity index (χ0) is 12.4. The van der Waals surface area contributed by atoms with Crippen molar-refractivity contribution in [2.24, 2.45) is 5.92 Å². The Hall–Kier alpha value is -1.00. The molecule has 0 spiro atoms. The van der Waals surface area contributed by atoms with E-state index in [-0.39, 0.29) is 11.1 Å². The molecule has 0 aliphatic carbocycles. The molecule has 1 fully saturated rings. The van der Waals surface area contributed by atoms with Crippen LogP contribution in [0.1, 0.15) is 13.3 Å². The lowest BCUT2D eigenvalue weighted by Gasteiger charge is -2.21. The summed E-state index contributed by atoms with van der Waals surface area (Å²) in [7, 11) is 0. The van der Waals surface area contributed by atoms with Crippen LogP contribution in [0.5, 0.6) is 0 Å². The Labute approximate surface area is 105 Å². The summed E-state index contributed by atoms with van der Waals surface area (Å²) >= 11 is 5.73. The van der Waals surface area contributed by atoms with Gasteiger partial charge in [-0.05, 0) is 19.4 Å². The van der Waals surface area contributed by atoms with Crippen molar-refractivity contribution in [1.29, 1.82) is 0 Å². The maximum absolute atomic E-state index is 13.1. The van der Waals surface area contributed by atoms with Crippen molar-refractivity contribution in [3.8, 4) is 0 Å². The van der Waals surface area contributed by atoms with E-state index in [0.29, 0.717) is 17.3 Å². The van der Waals surface area contributed by atoms with Gasteiger partial charge >= 0.3 is 0 Å². The average Bonchev–Trinajstić information content (AvgIpc) is 2.79. The van der Waals surface area contributed by atoms with Gasteiger partial charge in [0, 0.05) is 24.6 Å². The molecule has 3 N–H and O–H groups in total. The Balaban J connectivity index is 2.09. The Kier molecular flexibility index (Phi) is 3.74. The lowest BCUT2D eigenvalue weighted by atomic mass is 10.0. The van der Waals surface area contributed by atoms with Crippen molar-refractivity contribution < 1.29 is 9.13 Å². The van der Waals surface area contributed by atoms with Crippen LogP contribution in [0.4, 0.5) is 15.8 Å². The molecule has 0 bridgehead atoms. The van der Waals surface area contributed by atoms with Crippen molar-refractivity contribution >= 4 is 23.0 Å². The first-order chi connectivity index (χ1) is 8.08. The van der Waals surface area contributed by atoms with E-state index in [1.165, 1.54) is 12.1 Å². The van der Waals surface area contributed by atoms with E-state index < -0.39 is 5.82 Å². The Bertz CT molecular complexity index is 408. The van der Waals surface area contributed by atoms with Crippen LogP contribution in [0, 0.1) is 11.7 Å². The number of anilines is 2. The second-order valence-corrected chi connectivity index (χ2v) is 4.82. The third-order valence-corrected chi connectivity index (χ3v) is 3.44. The summed E-state index contributed by atoms with van der Waals surface area (Å²) in [6.07, 6.45) is 1.03. The molecule has 1 saturated heterocycles. The normalized spacial score (nSPS) is 21.5. The van der Waals surface area contributed by atoms with E-state index in [2.05, 4.69) is 12.2 Å². The molecule has 1 aliphatic rings. The minimum Gasteiger partial charge on any atom is -0.397 e. The van der Waals surface area contributed by atoms with Gasteiger partial charge in [-0.2, -0.15) is 0 Å².